The Bertz CT molecular complexity index is 390. The molecule has 0 aliphatic carbocycles. The summed E-state index contributed by atoms with van der Waals surface area (Å²) in [6.45, 7) is 3.11. The van der Waals surface area contributed by atoms with Crippen molar-refractivity contribution in [2.75, 3.05) is 43.9 Å². The van der Waals surface area contributed by atoms with Crippen molar-refractivity contribution in [3.8, 4) is 0 Å². The molecule has 2 amide bonds. The SMILES string of the molecule is CN(CCN1CCNC1=O)c1ccc(N)cc1. The molecule has 0 unspecified atom stereocenters. The lowest BCUT2D eigenvalue weighted by Gasteiger charge is -2.22. The first-order valence-electron chi connectivity index (χ1n) is 5.76. The Morgan fingerprint density at radius 3 is 2.71 bits per heavy atom. The maximum Gasteiger partial charge on any atom is 0.317 e. The number of hydrogen-bond donors (Lipinski definition) is 2. The molecule has 1 aromatic rings. The van der Waals surface area contributed by atoms with Crippen LogP contribution in [0.2, 0.25) is 0 Å². The van der Waals surface area contributed by atoms with Crippen molar-refractivity contribution >= 4 is 17.4 Å². The van der Waals surface area contributed by atoms with E-state index in [1.165, 1.54) is 0 Å². The van der Waals surface area contributed by atoms with Crippen LogP contribution in [0.1, 0.15) is 0 Å². The first kappa shape index (κ1) is 11.6. The average molecular weight is 234 g/mol. The Morgan fingerprint density at radius 2 is 2.12 bits per heavy atom. The molecule has 0 bridgehead atoms. The van der Waals surface area contributed by atoms with Gasteiger partial charge in [-0.15, -0.1) is 0 Å². The second-order valence-electron chi connectivity index (χ2n) is 4.23. The van der Waals surface area contributed by atoms with E-state index < -0.39 is 0 Å². The van der Waals surface area contributed by atoms with Crippen molar-refractivity contribution in [3.63, 3.8) is 0 Å². The third kappa shape index (κ3) is 2.81. The van der Waals surface area contributed by atoms with Crippen LogP contribution in [0, 0.1) is 0 Å². The normalized spacial score (nSPS) is 14.9. The molecular formula is C12H18N4O. The Kier molecular flexibility index (Phi) is 3.37. The lowest BCUT2D eigenvalue weighted by Crippen LogP contribution is -2.35. The maximum atomic E-state index is 11.3. The fraction of sp³-hybridized carbons (Fsp3) is 0.417. The summed E-state index contributed by atoms with van der Waals surface area (Å²) < 4.78 is 0. The number of amides is 2. The van der Waals surface area contributed by atoms with Gasteiger partial charge < -0.3 is 20.9 Å². The van der Waals surface area contributed by atoms with Gasteiger partial charge in [-0.1, -0.05) is 0 Å². The second kappa shape index (κ2) is 4.95. The highest BCUT2D eigenvalue weighted by Crippen LogP contribution is 2.14. The molecule has 0 atom stereocenters. The lowest BCUT2D eigenvalue weighted by molar-refractivity contribution is 0.218. The number of rotatable bonds is 4. The van der Waals surface area contributed by atoms with E-state index in [-0.39, 0.29) is 6.03 Å². The van der Waals surface area contributed by atoms with Gasteiger partial charge in [0.1, 0.15) is 0 Å². The van der Waals surface area contributed by atoms with Crippen molar-refractivity contribution in [1.29, 1.82) is 0 Å². The molecule has 1 heterocycles. The number of nitrogens with two attached hydrogens (primary N) is 1. The van der Waals surface area contributed by atoms with Crippen LogP contribution in [0.15, 0.2) is 24.3 Å². The van der Waals surface area contributed by atoms with E-state index in [1.54, 1.807) is 0 Å². The van der Waals surface area contributed by atoms with Crippen molar-refractivity contribution in [2.24, 2.45) is 0 Å². The molecule has 1 fully saturated rings. The first-order valence-corrected chi connectivity index (χ1v) is 5.76. The number of nitrogen functional groups attached to an aromatic ring is 1. The number of carbonyl (C=O) groups is 1. The fourth-order valence-corrected chi connectivity index (χ4v) is 1.85. The standard InChI is InChI=1S/C12H18N4O/c1-15(11-4-2-10(13)3-5-11)8-9-16-7-6-14-12(16)17/h2-5H,6-9,13H2,1H3,(H,14,17). The molecule has 5 nitrogen and oxygen atoms in total. The first-order chi connectivity index (χ1) is 8.16. The number of nitrogens with one attached hydrogen (secondary N) is 1. The molecule has 1 aromatic carbocycles. The second-order valence-corrected chi connectivity index (χ2v) is 4.23. The molecule has 1 aliphatic heterocycles. The van der Waals surface area contributed by atoms with Gasteiger partial charge in [0.05, 0.1) is 0 Å². The van der Waals surface area contributed by atoms with Gasteiger partial charge in [-0.2, -0.15) is 0 Å². The zero-order chi connectivity index (χ0) is 12.3. The summed E-state index contributed by atoms with van der Waals surface area (Å²) >= 11 is 0. The Balaban J connectivity index is 1.86. The van der Waals surface area contributed by atoms with Gasteiger partial charge in [-0.05, 0) is 24.3 Å². The highest BCUT2D eigenvalue weighted by atomic mass is 16.2. The number of hydrogen-bond acceptors (Lipinski definition) is 3. The van der Waals surface area contributed by atoms with Gasteiger partial charge in [0.2, 0.25) is 0 Å². The van der Waals surface area contributed by atoms with Gasteiger partial charge >= 0.3 is 6.03 Å². The summed E-state index contributed by atoms with van der Waals surface area (Å²) in [6.07, 6.45) is 0. The van der Waals surface area contributed by atoms with Gasteiger partial charge in [-0.25, -0.2) is 4.79 Å². The Morgan fingerprint density at radius 1 is 1.41 bits per heavy atom. The third-order valence-corrected chi connectivity index (χ3v) is 2.98. The molecule has 0 saturated carbocycles. The highest BCUT2D eigenvalue weighted by molar-refractivity contribution is 5.76. The number of carbonyl (C=O) groups excluding carboxylic acids is 1. The van der Waals surface area contributed by atoms with E-state index >= 15 is 0 Å². The molecule has 1 aliphatic rings. The minimum atomic E-state index is 0.0377. The summed E-state index contributed by atoms with van der Waals surface area (Å²) in [5.74, 6) is 0. The van der Waals surface area contributed by atoms with E-state index in [4.69, 9.17) is 5.73 Å². The van der Waals surface area contributed by atoms with Gasteiger partial charge in [0, 0.05) is 44.6 Å². The Labute approximate surface area is 101 Å². The summed E-state index contributed by atoms with van der Waals surface area (Å²) in [6, 6.07) is 7.78. The van der Waals surface area contributed by atoms with Crippen LogP contribution in [0.5, 0.6) is 0 Å². The maximum absolute atomic E-state index is 11.3. The van der Waals surface area contributed by atoms with Crippen LogP contribution in [0.4, 0.5) is 16.2 Å². The predicted molar refractivity (Wildman–Crippen MR) is 69.1 cm³/mol. The molecule has 2 rings (SSSR count). The number of likely N-dealkylation sites (N-methyl/N-ethyl adjacent to an activating group) is 1. The highest BCUT2D eigenvalue weighted by Gasteiger charge is 2.18. The largest absolute Gasteiger partial charge is 0.399 e. The van der Waals surface area contributed by atoms with Gasteiger partial charge in [-0.3, -0.25) is 0 Å². The van der Waals surface area contributed by atoms with Crippen LogP contribution < -0.4 is 16.0 Å². The average Bonchev–Trinajstić information content (AvgIpc) is 2.73. The number of anilines is 2. The molecule has 0 radical (unpaired) electrons. The third-order valence-electron chi connectivity index (χ3n) is 2.98. The van der Waals surface area contributed by atoms with Crippen LogP contribution in [0.25, 0.3) is 0 Å². The van der Waals surface area contributed by atoms with Gasteiger partial charge in [0.15, 0.2) is 0 Å². The topological polar surface area (TPSA) is 61.6 Å². The molecule has 0 spiro atoms. The van der Waals surface area contributed by atoms with Crippen LogP contribution in [-0.4, -0.2) is 44.2 Å². The van der Waals surface area contributed by atoms with Crippen molar-refractivity contribution in [3.05, 3.63) is 24.3 Å². The van der Waals surface area contributed by atoms with Crippen molar-refractivity contribution in [1.82, 2.24) is 10.2 Å². The van der Waals surface area contributed by atoms with Crippen LogP contribution in [-0.2, 0) is 0 Å². The summed E-state index contributed by atoms with van der Waals surface area (Å²) in [5, 5.41) is 2.79. The Hall–Kier alpha value is -1.91. The molecule has 17 heavy (non-hydrogen) atoms. The van der Waals surface area contributed by atoms with E-state index in [0.29, 0.717) is 0 Å². The summed E-state index contributed by atoms with van der Waals surface area (Å²) in [4.78, 5) is 15.3. The van der Waals surface area contributed by atoms with Crippen LogP contribution in [0.3, 0.4) is 0 Å². The monoisotopic (exact) mass is 234 g/mol. The minimum absolute atomic E-state index is 0.0377. The number of urea groups is 1. The van der Waals surface area contributed by atoms with Crippen molar-refractivity contribution < 1.29 is 4.79 Å². The molecule has 5 heteroatoms. The van der Waals surface area contributed by atoms with E-state index in [1.807, 2.05) is 36.2 Å². The number of benzene rings is 1. The lowest BCUT2D eigenvalue weighted by atomic mass is 10.2. The molecule has 92 valence electrons. The van der Waals surface area contributed by atoms with Crippen LogP contribution >= 0.6 is 0 Å². The fourth-order valence-electron chi connectivity index (χ4n) is 1.85. The summed E-state index contributed by atoms with van der Waals surface area (Å²) in [5.41, 5.74) is 7.51. The summed E-state index contributed by atoms with van der Waals surface area (Å²) in [7, 11) is 2.01. The smallest absolute Gasteiger partial charge is 0.317 e. The van der Waals surface area contributed by atoms with E-state index in [0.717, 1.165) is 37.6 Å². The molecule has 0 aromatic heterocycles. The minimum Gasteiger partial charge on any atom is -0.399 e. The molecule has 1 saturated heterocycles. The zero-order valence-corrected chi connectivity index (χ0v) is 10.0. The van der Waals surface area contributed by atoms with Crippen molar-refractivity contribution in [2.45, 2.75) is 0 Å². The number of nitrogens with zero attached hydrogens (tertiary/aromatic N) is 2. The zero-order valence-electron chi connectivity index (χ0n) is 10.0. The predicted octanol–water partition coefficient (Wildman–Crippen LogP) is 0.730. The van der Waals surface area contributed by atoms with E-state index in [9.17, 15) is 4.79 Å². The molecule has 3 N–H and O–H groups in total. The quantitative estimate of drug-likeness (QED) is 0.755. The van der Waals surface area contributed by atoms with Gasteiger partial charge in [0.25, 0.3) is 0 Å². The van der Waals surface area contributed by atoms with E-state index in [2.05, 4.69) is 10.2 Å². The molecular weight excluding hydrogens is 216 g/mol.